The number of ether oxygens (including phenoxy) is 1. The monoisotopic (exact) mass is 190 g/mol. The van der Waals surface area contributed by atoms with E-state index in [1.807, 2.05) is 37.3 Å². The van der Waals surface area contributed by atoms with Gasteiger partial charge in [-0.1, -0.05) is 12.1 Å². The zero-order valence-electron chi connectivity index (χ0n) is 8.40. The molecule has 1 aromatic carbocycles. The minimum atomic E-state index is -0.432. The van der Waals surface area contributed by atoms with Crippen LogP contribution in [0.1, 0.15) is 25.5 Å². The minimum absolute atomic E-state index is 0.0176. The van der Waals surface area contributed by atoms with Crippen molar-refractivity contribution < 1.29 is 4.74 Å². The first kappa shape index (κ1) is 10.6. The molecule has 1 rings (SSSR count). The third-order valence-electron chi connectivity index (χ3n) is 1.88. The first-order valence-electron chi connectivity index (χ1n) is 4.55. The van der Waals surface area contributed by atoms with Crippen LogP contribution in [0.4, 0.5) is 0 Å². The fraction of sp³-hybridized carbons (Fsp3) is 0.364. The second kappa shape index (κ2) is 4.64. The van der Waals surface area contributed by atoms with E-state index in [2.05, 4.69) is 0 Å². The maximum Gasteiger partial charge on any atom is 0.181 e. The van der Waals surface area contributed by atoms with Crippen molar-refractivity contribution in [2.75, 3.05) is 0 Å². The Labute approximate surface area is 84.1 Å². The SMILES string of the molecule is CC(C#N)Oc1cccc([C@@H](C)N)c1. The highest BCUT2D eigenvalue weighted by molar-refractivity contribution is 5.30. The lowest BCUT2D eigenvalue weighted by Gasteiger charge is -2.10. The molecule has 14 heavy (non-hydrogen) atoms. The summed E-state index contributed by atoms with van der Waals surface area (Å²) in [5, 5.41) is 8.57. The van der Waals surface area contributed by atoms with E-state index < -0.39 is 6.10 Å². The van der Waals surface area contributed by atoms with Crippen LogP contribution in [0, 0.1) is 11.3 Å². The Morgan fingerprint density at radius 1 is 1.43 bits per heavy atom. The highest BCUT2D eigenvalue weighted by Gasteiger charge is 2.04. The zero-order valence-corrected chi connectivity index (χ0v) is 8.40. The number of rotatable bonds is 3. The molecule has 74 valence electrons. The second-order valence-corrected chi connectivity index (χ2v) is 3.25. The molecule has 0 spiro atoms. The molecule has 0 aromatic heterocycles. The van der Waals surface area contributed by atoms with Gasteiger partial charge in [0.25, 0.3) is 0 Å². The van der Waals surface area contributed by atoms with Crippen molar-refractivity contribution in [3.63, 3.8) is 0 Å². The third kappa shape index (κ3) is 2.75. The highest BCUT2D eigenvalue weighted by atomic mass is 16.5. The fourth-order valence-electron chi connectivity index (χ4n) is 1.10. The molecule has 0 saturated heterocycles. The van der Waals surface area contributed by atoms with Crippen LogP contribution in [0.15, 0.2) is 24.3 Å². The van der Waals surface area contributed by atoms with Crippen LogP contribution in [-0.2, 0) is 0 Å². The molecule has 0 aliphatic rings. The molecule has 1 unspecified atom stereocenters. The Balaban J connectivity index is 2.79. The van der Waals surface area contributed by atoms with Crippen molar-refractivity contribution in [3.8, 4) is 11.8 Å². The van der Waals surface area contributed by atoms with Gasteiger partial charge in [-0.25, -0.2) is 0 Å². The van der Waals surface area contributed by atoms with E-state index in [9.17, 15) is 0 Å². The number of hydrogen-bond acceptors (Lipinski definition) is 3. The van der Waals surface area contributed by atoms with Gasteiger partial charge >= 0.3 is 0 Å². The lowest BCUT2D eigenvalue weighted by atomic mass is 10.1. The van der Waals surface area contributed by atoms with E-state index in [4.69, 9.17) is 15.7 Å². The molecular weight excluding hydrogens is 176 g/mol. The Morgan fingerprint density at radius 3 is 2.71 bits per heavy atom. The molecule has 0 fully saturated rings. The molecular formula is C11H14N2O. The largest absolute Gasteiger partial charge is 0.476 e. The Morgan fingerprint density at radius 2 is 2.14 bits per heavy atom. The topological polar surface area (TPSA) is 59.0 Å². The Bertz CT molecular complexity index is 341. The van der Waals surface area contributed by atoms with Crippen LogP contribution in [0.3, 0.4) is 0 Å². The summed E-state index contributed by atoms with van der Waals surface area (Å²) in [6.07, 6.45) is -0.432. The standard InChI is InChI=1S/C11H14N2O/c1-8(7-12)14-11-5-3-4-10(6-11)9(2)13/h3-6,8-9H,13H2,1-2H3/t8?,9-/m1/s1. The molecule has 0 radical (unpaired) electrons. The Kier molecular flexibility index (Phi) is 3.49. The average Bonchev–Trinajstić information content (AvgIpc) is 2.18. The normalized spacial score (nSPS) is 14.1. The van der Waals surface area contributed by atoms with E-state index in [-0.39, 0.29) is 6.04 Å². The summed E-state index contributed by atoms with van der Waals surface area (Å²) in [4.78, 5) is 0. The minimum Gasteiger partial charge on any atom is -0.476 e. The van der Waals surface area contributed by atoms with Gasteiger partial charge in [-0.2, -0.15) is 5.26 Å². The maximum absolute atomic E-state index is 8.57. The number of hydrogen-bond donors (Lipinski definition) is 1. The van der Waals surface area contributed by atoms with E-state index in [1.165, 1.54) is 0 Å². The number of nitrogens with zero attached hydrogens (tertiary/aromatic N) is 1. The van der Waals surface area contributed by atoms with Crippen molar-refractivity contribution in [1.29, 1.82) is 5.26 Å². The molecule has 0 saturated carbocycles. The predicted octanol–water partition coefficient (Wildman–Crippen LogP) is 2.00. The summed E-state index contributed by atoms with van der Waals surface area (Å²) in [5.74, 6) is 0.689. The van der Waals surface area contributed by atoms with Crippen LogP contribution in [0.2, 0.25) is 0 Å². The molecule has 2 atom stereocenters. The van der Waals surface area contributed by atoms with E-state index in [0.29, 0.717) is 5.75 Å². The lowest BCUT2D eigenvalue weighted by molar-refractivity contribution is 0.276. The van der Waals surface area contributed by atoms with Gasteiger partial charge in [0.05, 0.1) is 0 Å². The molecule has 1 aromatic rings. The quantitative estimate of drug-likeness (QED) is 0.793. The van der Waals surface area contributed by atoms with Gasteiger partial charge < -0.3 is 10.5 Å². The zero-order chi connectivity index (χ0) is 10.6. The summed E-state index contributed by atoms with van der Waals surface area (Å²) in [6, 6.07) is 9.48. The smallest absolute Gasteiger partial charge is 0.181 e. The average molecular weight is 190 g/mol. The van der Waals surface area contributed by atoms with Crippen molar-refractivity contribution in [1.82, 2.24) is 0 Å². The summed E-state index contributed by atoms with van der Waals surface area (Å²) in [5.41, 5.74) is 6.73. The van der Waals surface area contributed by atoms with Crippen molar-refractivity contribution in [2.24, 2.45) is 5.73 Å². The van der Waals surface area contributed by atoms with Crippen LogP contribution in [0.5, 0.6) is 5.75 Å². The maximum atomic E-state index is 8.57. The van der Waals surface area contributed by atoms with Crippen LogP contribution < -0.4 is 10.5 Å². The van der Waals surface area contributed by atoms with Gasteiger partial charge in [0, 0.05) is 6.04 Å². The fourth-order valence-corrected chi connectivity index (χ4v) is 1.10. The van der Waals surface area contributed by atoms with Gasteiger partial charge in [-0.15, -0.1) is 0 Å². The summed E-state index contributed by atoms with van der Waals surface area (Å²) in [6.45, 7) is 3.62. The van der Waals surface area contributed by atoms with Crippen molar-refractivity contribution in [2.45, 2.75) is 26.0 Å². The van der Waals surface area contributed by atoms with Gasteiger partial charge in [-0.3, -0.25) is 0 Å². The molecule has 3 heteroatoms. The van der Waals surface area contributed by atoms with Gasteiger partial charge in [0.1, 0.15) is 11.8 Å². The molecule has 3 nitrogen and oxygen atoms in total. The number of benzene rings is 1. The second-order valence-electron chi connectivity index (χ2n) is 3.25. The van der Waals surface area contributed by atoms with Gasteiger partial charge in [0.15, 0.2) is 6.10 Å². The molecule has 0 bridgehead atoms. The van der Waals surface area contributed by atoms with E-state index in [0.717, 1.165) is 5.56 Å². The van der Waals surface area contributed by atoms with E-state index >= 15 is 0 Å². The summed E-state index contributed by atoms with van der Waals surface area (Å²) >= 11 is 0. The number of nitriles is 1. The van der Waals surface area contributed by atoms with Gasteiger partial charge in [0.2, 0.25) is 0 Å². The summed E-state index contributed by atoms with van der Waals surface area (Å²) < 4.78 is 5.34. The van der Waals surface area contributed by atoms with Crippen LogP contribution in [0.25, 0.3) is 0 Å². The van der Waals surface area contributed by atoms with Crippen molar-refractivity contribution >= 4 is 0 Å². The molecule has 0 aliphatic heterocycles. The third-order valence-corrected chi connectivity index (χ3v) is 1.88. The van der Waals surface area contributed by atoms with Crippen molar-refractivity contribution in [3.05, 3.63) is 29.8 Å². The molecule has 0 amide bonds. The van der Waals surface area contributed by atoms with E-state index in [1.54, 1.807) is 6.92 Å². The molecule has 0 aliphatic carbocycles. The van der Waals surface area contributed by atoms with Gasteiger partial charge in [-0.05, 0) is 31.5 Å². The molecule has 2 N–H and O–H groups in total. The lowest BCUT2D eigenvalue weighted by Crippen LogP contribution is -2.09. The Hall–Kier alpha value is -1.53. The van der Waals surface area contributed by atoms with Crippen LogP contribution >= 0.6 is 0 Å². The summed E-state index contributed by atoms with van der Waals surface area (Å²) in [7, 11) is 0. The predicted molar refractivity (Wildman–Crippen MR) is 54.7 cm³/mol. The first-order chi connectivity index (χ1) is 6.63. The highest BCUT2D eigenvalue weighted by Crippen LogP contribution is 2.18. The first-order valence-corrected chi connectivity index (χ1v) is 4.55. The number of nitrogens with two attached hydrogens (primary N) is 1. The van der Waals surface area contributed by atoms with Crippen LogP contribution in [-0.4, -0.2) is 6.10 Å². The molecule has 0 heterocycles.